The van der Waals surface area contributed by atoms with E-state index in [1.807, 2.05) is 20.9 Å². The summed E-state index contributed by atoms with van der Waals surface area (Å²) in [5.74, 6) is 1.88. The Morgan fingerprint density at radius 2 is 1.88 bits per heavy atom. The van der Waals surface area contributed by atoms with E-state index >= 15 is 0 Å². The Labute approximate surface area is 106 Å². The molecule has 0 aromatic carbocycles. The summed E-state index contributed by atoms with van der Waals surface area (Å²) in [5, 5.41) is 3.31. The highest BCUT2D eigenvalue weighted by Gasteiger charge is 2.18. The number of rotatable bonds is 5. The van der Waals surface area contributed by atoms with Crippen molar-refractivity contribution in [3.05, 3.63) is 0 Å². The first-order valence-corrected chi connectivity index (χ1v) is 6.97. The van der Waals surface area contributed by atoms with Gasteiger partial charge in [-0.15, -0.1) is 0 Å². The highest BCUT2D eigenvalue weighted by molar-refractivity contribution is 5.78. The van der Waals surface area contributed by atoms with Gasteiger partial charge in [0.05, 0.1) is 6.54 Å². The number of carbonyl (C=O) groups is 1. The van der Waals surface area contributed by atoms with Crippen LogP contribution < -0.4 is 5.32 Å². The minimum Gasteiger partial charge on any atom is -0.342 e. The van der Waals surface area contributed by atoms with E-state index < -0.39 is 0 Å². The van der Waals surface area contributed by atoms with Crippen LogP contribution in [-0.4, -0.2) is 37.0 Å². The quantitative estimate of drug-likeness (QED) is 0.799. The van der Waals surface area contributed by atoms with Crippen LogP contribution in [-0.2, 0) is 4.79 Å². The first-order chi connectivity index (χ1) is 8.00. The molecule has 1 aliphatic carbocycles. The van der Waals surface area contributed by atoms with Crippen molar-refractivity contribution in [2.24, 2.45) is 11.8 Å². The highest BCUT2D eigenvalue weighted by atomic mass is 16.2. The van der Waals surface area contributed by atoms with Crippen molar-refractivity contribution >= 4 is 5.91 Å². The van der Waals surface area contributed by atoms with E-state index in [1.54, 1.807) is 4.90 Å². The van der Waals surface area contributed by atoms with Crippen LogP contribution in [0.4, 0.5) is 0 Å². The Hall–Kier alpha value is -0.570. The van der Waals surface area contributed by atoms with Crippen LogP contribution in [0.1, 0.15) is 46.5 Å². The minimum absolute atomic E-state index is 0.198. The third-order valence-electron chi connectivity index (χ3n) is 4.01. The van der Waals surface area contributed by atoms with Gasteiger partial charge in [0, 0.05) is 13.1 Å². The number of nitrogens with one attached hydrogen (secondary N) is 1. The number of carbonyl (C=O) groups excluding carboxylic acids is 1. The minimum atomic E-state index is 0.198. The van der Waals surface area contributed by atoms with Crippen molar-refractivity contribution in [2.75, 3.05) is 20.1 Å². The summed E-state index contributed by atoms with van der Waals surface area (Å²) in [5.41, 5.74) is 0. The van der Waals surface area contributed by atoms with E-state index in [-0.39, 0.29) is 5.91 Å². The molecule has 0 radical (unpaired) electrons. The van der Waals surface area contributed by atoms with Gasteiger partial charge in [0.2, 0.25) is 5.91 Å². The van der Waals surface area contributed by atoms with Gasteiger partial charge in [0.1, 0.15) is 0 Å². The zero-order valence-corrected chi connectivity index (χ0v) is 11.8. The molecule has 0 spiro atoms. The molecule has 0 aromatic rings. The largest absolute Gasteiger partial charge is 0.342 e. The molecule has 0 saturated heterocycles. The van der Waals surface area contributed by atoms with Gasteiger partial charge in [0.25, 0.3) is 0 Å². The fraction of sp³-hybridized carbons (Fsp3) is 0.929. The van der Waals surface area contributed by atoms with Gasteiger partial charge >= 0.3 is 0 Å². The van der Waals surface area contributed by atoms with Gasteiger partial charge in [-0.05, 0) is 45.1 Å². The highest BCUT2D eigenvalue weighted by Crippen LogP contribution is 2.27. The van der Waals surface area contributed by atoms with Crippen molar-refractivity contribution in [2.45, 2.75) is 52.5 Å². The number of hydrogen-bond donors (Lipinski definition) is 1. The molecule has 0 bridgehead atoms. The van der Waals surface area contributed by atoms with Crippen LogP contribution in [0, 0.1) is 11.8 Å². The van der Waals surface area contributed by atoms with Crippen LogP contribution in [0.3, 0.4) is 0 Å². The lowest BCUT2D eigenvalue weighted by Crippen LogP contribution is -2.40. The molecule has 1 aliphatic rings. The van der Waals surface area contributed by atoms with Crippen LogP contribution in [0.2, 0.25) is 0 Å². The molecule has 1 N–H and O–H groups in total. The Morgan fingerprint density at radius 3 is 2.41 bits per heavy atom. The Morgan fingerprint density at radius 1 is 1.29 bits per heavy atom. The average molecular weight is 240 g/mol. The van der Waals surface area contributed by atoms with Gasteiger partial charge < -0.3 is 10.2 Å². The fourth-order valence-corrected chi connectivity index (χ4v) is 2.33. The zero-order valence-electron chi connectivity index (χ0n) is 11.8. The van der Waals surface area contributed by atoms with Crippen LogP contribution in [0.15, 0.2) is 0 Å². The van der Waals surface area contributed by atoms with E-state index in [1.165, 1.54) is 25.7 Å². The first kappa shape index (κ1) is 14.5. The predicted molar refractivity (Wildman–Crippen MR) is 71.9 cm³/mol. The van der Waals surface area contributed by atoms with Gasteiger partial charge in [-0.1, -0.05) is 19.8 Å². The Kier molecular flexibility index (Phi) is 5.96. The molecule has 0 aromatic heterocycles. The molecular weight excluding hydrogens is 212 g/mol. The van der Waals surface area contributed by atoms with Crippen LogP contribution >= 0.6 is 0 Å². The van der Waals surface area contributed by atoms with E-state index in [2.05, 4.69) is 12.2 Å². The van der Waals surface area contributed by atoms with Crippen molar-refractivity contribution in [3.8, 4) is 0 Å². The summed E-state index contributed by atoms with van der Waals surface area (Å²) in [6.45, 7) is 7.91. The second-order valence-corrected chi connectivity index (χ2v) is 5.86. The van der Waals surface area contributed by atoms with Gasteiger partial charge in [-0.2, -0.15) is 0 Å². The van der Waals surface area contributed by atoms with Crippen molar-refractivity contribution in [1.29, 1.82) is 0 Å². The fourth-order valence-electron chi connectivity index (χ4n) is 2.33. The van der Waals surface area contributed by atoms with E-state index in [0.717, 1.165) is 18.4 Å². The molecule has 0 heterocycles. The number of hydrogen-bond acceptors (Lipinski definition) is 2. The summed E-state index contributed by atoms with van der Waals surface area (Å²) < 4.78 is 0. The van der Waals surface area contributed by atoms with Gasteiger partial charge in [0.15, 0.2) is 0 Å². The summed E-state index contributed by atoms with van der Waals surface area (Å²) >= 11 is 0. The summed E-state index contributed by atoms with van der Waals surface area (Å²) in [6, 6.07) is 0.292. The molecule has 17 heavy (non-hydrogen) atoms. The first-order valence-electron chi connectivity index (χ1n) is 6.97. The Bertz CT molecular complexity index is 232. The molecule has 0 aliphatic heterocycles. The normalized spacial score (nSPS) is 25.0. The third kappa shape index (κ3) is 5.07. The van der Waals surface area contributed by atoms with E-state index in [9.17, 15) is 4.79 Å². The molecule has 3 nitrogen and oxygen atoms in total. The molecule has 0 unspecified atom stereocenters. The molecule has 1 fully saturated rings. The summed E-state index contributed by atoms with van der Waals surface area (Å²) in [7, 11) is 1.87. The lowest BCUT2D eigenvalue weighted by atomic mass is 9.83. The van der Waals surface area contributed by atoms with Crippen molar-refractivity contribution < 1.29 is 4.79 Å². The molecular formula is C14H28N2O. The smallest absolute Gasteiger partial charge is 0.236 e. The summed E-state index contributed by atoms with van der Waals surface area (Å²) in [6.07, 6.45) is 5.35. The van der Waals surface area contributed by atoms with Crippen molar-refractivity contribution in [3.63, 3.8) is 0 Å². The van der Waals surface area contributed by atoms with Gasteiger partial charge in [-0.25, -0.2) is 0 Å². The molecule has 1 saturated carbocycles. The monoisotopic (exact) mass is 240 g/mol. The maximum atomic E-state index is 11.7. The molecule has 1 amide bonds. The van der Waals surface area contributed by atoms with Crippen LogP contribution in [0.25, 0.3) is 0 Å². The number of amides is 1. The second kappa shape index (κ2) is 7.00. The lowest BCUT2D eigenvalue weighted by Gasteiger charge is -2.27. The third-order valence-corrected chi connectivity index (χ3v) is 4.01. The number of nitrogens with zero attached hydrogens (tertiary/aromatic N) is 1. The zero-order chi connectivity index (χ0) is 12.8. The van der Waals surface area contributed by atoms with Crippen molar-refractivity contribution in [1.82, 2.24) is 10.2 Å². The lowest BCUT2D eigenvalue weighted by molar-refractivity contribution is -0.130. The SMILES string of the molecule is CC1CCC(CNCC(=O)N(C)C(C)C)CC1. The standard InChI is InChI=1S/C14H28N2O/c1-11(2)16(4)14(17)10-15-9-13-7-5-12(3)6-8-13/h11-13,15H,5-10H2,1-4H3. The molecule has 100 valence electrons. The predicted octanol–water partition coefficient (Wildman–Crippen LogP) is 2.27. The number of likely N-dealkylation sites (N-methyl/N-ethyl adjacent to an activating group) is 1. The summed E-state index contributed by atoms with van der Waals surface area (Å²) in [4.78, 5) is 13.5. The van der Waals surface area contributed by atoms with Crippen LogP contribution in [0.5, 0.6) is 0 Å². The molecule has 3 heteroatoms. The maximum absolute atomic E-state index is 11.7. The Balaban J connectivity index is 2.13. The van der Waals surface area contributed by atoms with E-state index in [0.29, 0.717) is 12.6 Å². The second-order valence-electron chi connectivity index (χ2n) is 5.86. The molecule has 0 atom stereocenters. The average Bonchev–Trinajstić information content (AvgIpc) is 2.30. The van der Waals surface area contributed by atoms with E-state index in [4.69, 9.17) is 0 Å². The van der Waals surface area contributed by atoms with Gasteiger partial charge in [-0.3, -0.25) is 4.79 Å². The topological polar surface area (TPSA) is 32.3 Å². The maximum Gasteiger partial charge on any atom is 0.236 e. The molecule has 1 rings (SSSR count).